The van der Waals surface area contributed by atoms with Gasteiger partial charge in [-0.05, 0) is 24.8 Å². The molecule has 1 saturated heterocycles. The van der Waals surface area contributed by atoms with E-state index in [2.05, 4.69) is 27.0 Å². The molecule has 108 valence electrons. The van der Waals surface area contributed by atoms with E-state index in [1.54, 1.807) is 0 Å². The van der Waals surface area contributed by atoms with E-state index in [0.29, 0.717) is 0 Å². The van der Waals surface area contributed by atoms with Crippen LogP contribution in [0.1, 0.15) is 39.4 Å². The summed E-state index contributed by atoms with van der Waals surface area (Å²) >= 11 is 0. The van der Waals surface area contributed by atoms with Gasteiger partial charge in [0.1, 0.15) is 5.82 Å². The zero-order valence-corrected chi connectivity index (χ0v) is 12.1. The van der Waals surface area contributed by atoms with Crippen LogP contribution in [0, 0.1) is 5.41 Å². The number of hydrogen-bond acceptors (Lipinski definition) is 5. The third-order valence-electron chi connectivity index (χ3n) is 4.26. The van der Waals surface area contributed by atoms with Gasteiger partial charge in [-0.1, -0.05) is 20.8 Å². The Balaban J connectivity index is 2.05. The van der Waals surface area contributed by atoms with E-state index in [9.17, 15) is 5.11 Å². The molecule has 0 saturated carbocycles. The number of aliphatic hydroxyl groups excluding tert-OH is 1. The molecule has 0 bridgehead atoms. The Morgan fingerprint density at radius 3 is 2.58 bits per heavy atom. The summed E-state index contributed by atoms with van der Waals surface area (Å²) in [7, 11) is 0. The highest BCUT2D eigenvalue weighted by Gasteiger charge is 2.31. The molecule has 0 spiro atoms. The Labute approximate surface area is 114 Å². The number of H-pyrrole nitrogens is 1. The maximum absolute atomic E-state index is 9.35. The molecule has 0 aliphatic carbocycles. The van der Waals surface area contributed by atoms with Crippen molar-refractivity contribution in [1.29, 1.82) is 0 Å². The van der Waals surface area contributed by atoms with E-state index in [1.165, 1.54) is 0 Å². The van der Waals surface area contributed by atoms with Gasteiger partial charge >= 0.3 is 0 Å². The average molecular weight is 267 g/mol. The van der Waals surface area contributed by atoms with Gasteiger partial charge in [0.15, 0.2) is 0 Å². The summed E-state index contributed by atoms with van der Waals surface area (Å²) in [6.45, 7) is 8.78. The Morgan fingerprint density at radius 2 is 2.05 bits per heavy atom. The van der Waals surface area contributed by atoms with Crippen LogP contribution in [-0.2, 0) is 5.41 Å². The molecule has 0 unspecified atom stereocenters. The van der Waals surface area contributed by atoms with Crippen molar-refractivity contribution in [3.63, 3.8) is 0 Å². The van der Waals surface area contributed by atoms with Gasteiger partial charge in [-0.25, -0.2) is 0 Å². The molecule has 1 aliphatic heterocycles. The van der Waals surface area contributed by atoms with Crippen molar-refractivity contribution in [2.75, 3.05) is 31.1 Å². The molecule has 19 heavy (non-hydrogen) atoms. The molecule has 1 aromatic rings. The van der Waals surface area contributed by atoms with E-state index in [0.717, 1.165) is 44.2 Å². The van der Waals surface area contributed by atoms with Crippen LogP contribution >= 0.6 is 0 Å². The normalized spacial score (nSPS) is 19.7. The fourth-order valence-electron chi connectivity index (χ4n) is 2.22. The van der Waals surface area contributed by atoms with E-state index < -0.39 is 0 Å². The van der Waals surface area contributed by atoms with Crippen molar-refractivity contribution in [2.45, 2.75) is 39.0 Å². The molecular formula is C13H25N5O. The van der Waals surface area contributed by atoms with Gasteiger partial charge in [-0.3, -0.25) is 5.10 Å². The lowest BCUT2D eigenvalue weighted by Crippen LogP contribution is -2.42. The van der Waals surface area contributed by atoms with Crippen LogP contribution in [0.5, 0.6) is 0 Å². The third-order valence-corrected chi connectivity index (χ3v) is 4.26. The van der Waals surface area contributed by atoms with Crippen molar-refractivity contribution in [3.8, 4) is 0 Å². The predicted molar refractivity (Wildman–Crippen MR) is 75.1 cm³/mol. The molecule has 1 aliphatic rings. The summed E-state index contributed by atoms with van der Waals surface area (Å²) in [5.41, 5.74) is 5.69. The van der Waals surface area contributed by atoms with Gasteiger partial charge in [0.25, 0.3) is 0 Å². The van der Waals surface area contributed by atoms with Crippen LogP contribution in [0.25, 0.3) is 0 Å². The first kappa shape index (κ1) is 14.3. The van der Waals surface area contributed by atoms with E-state index in [4.69, 9.17) is 5.73 Å². The molecule has 2 heterocycles. The highest BCUT2D eigenvalue weighted by Crippen LogP contribution is 2.31. The number of hydrogen-bond donors (Lipinski definition) is 3. The molecular weight excluding hydrogens is 242 g/mol. The number of piperidine rings is 1. The molecule has 1 aromatic heterocycles. The Bertz CT molecular complexity index is 420. The SMILES string of the molecule is CC1(CN)CCN(c2n[nH]c(C(C)(C)CO)n2)CC1. The summed E-state index contributed by atoms with van der Waals surface area (Å²) in [4.78, 5) is 6.70. The van der Waals surface area contributed by atoms with Gasteiger partial charge in [0.2, 0.25) is 5.95 Å². The minimum atomic E-state index is -0.382. The first-order chi connectivity index (χ1) is 8.90. The number of aromatic amines is 1. The zero-order chi connectivity index (χ0) is 14.1. The second-order valence-electron chi connectivity index (χ2n) is 6.53. The number of anilines is 1. The van der Waals surface area contributed by atoms with Gasteiger partial charge < -0.3 is 15.7 Å². The largest absolute Gasteiger partial charge is 0.395 e. The van der Waals surface area contributed by atoms with Crippen LogP contribution in [0.2, 0.25) is 0 Å². The highest BCUT2D eigenvalue weighted by atomic mass is 16.3. The molecule has 1 fully saturated rings. The lowest BCUT2D eigenvalue weighted by Gasteiger charge is -2.38. The molecule has 0 aromatic carbocycles. The number of aliphatic hydroxyl groups is 1. The van der Waals surface area contributed by atoms with Gasteiger partial charge in [0.05, 0.1) is 6.61 Å². The Kier molecular flexibility index (Phi) is 3.82. The van der Waals surface area contributed by atoms with Gasteiger partial charge in [0, 0.05) is 18.5 Å². The van der Waals surface area contributed by atoms with Crippen molar-refractivity contribution in [2.24, 2.45) is 11.1 Å². The fraction of sp³-hybridized carbons (Fsp3) is 0.846. The average Bonchev–Trinajstić information content (AvgIpc) is 2.90. The van der Waals surface area contributed by atoms with Crippen LogP contribution < -0.4 is 10.6 Å². The fourth-order valence-corrected chi connectivity index (χ4v) is 2.22. The number of aromatic nitrogens is 3. The standard InChI is InChI=1S/C13H25N5O/c1-12(2,9-19)10-15-11(17-16-10)18-6-4-13(3,8-14)5-7-18/h19H,4-9,14H2,1-3H3,(H,15,16,17). The second kappa shape index (κ2) is 5.09. The van der Waals surface area contributed by atoms with Crippen molar-refractivity contribution < 1.29 is 5.11 Å². The first-order valence-corrected chi connectivity index (χ1v) is 6.89. The van der Waals surface area contributed by atoms with Gasteiger partial charge in [-0.2, -0.15) is 4.98 Å². The second-order valence-corrected chi connectivity index (χ2v) is 6.53. The molecule has 0 radical (unpaired) electrons. The first-order valence-electron chi connectivity index (χ1n) is 6.89. The quantitative estimate of drug-likeness (QED) is 0.744. The van der Waals surface area contributed by atoms with Crippen LogP contribution in [-0.4, -0.2) is 46.5 Å². The van der Waals surface area contributed by atoms with Crippen LogP contribution in [0.3, 0.4) is 0 Å². The molecule has 0 atom stereocenters. The van der Waals surface area contributed by atoms with E-state index in [-0.39, 0.29) is 17.4 Å². The maximum atomic E-state index is 9.35. The lowest BCUT2D eigenvalue weighted by molar-refractivity contribution is 0.212. The molecule has 6 heteroatoms. The van der Waals surface area contributed by atoms with Crippen molar-refractivity contribution in [3.05, 3.63) is 5.82 Å². The Morgan fingerprint density at radius 1 is 1.42 bits per heavy atom. The summed E-state index contributed by atoms with van der Waals surface area (Å²) in [5, 5.41) is 16.6. The lowest BCUT2D eigenvalue weighted by atomic mass is 9.81. The summed E-state index contributed by atoms with van der Waals surface area (Å²) in [6, 6.07) is 0. The smallest absolute Gasteiger partial charge is 0.244 e. The summed E-state index contributed by atoms with van der Waals surface area (Å²) in [6.07, 6.45) is 2.13. The molecule has 4 N–H and O–H groups in total. The van der Waals surface area contributed by atoms with Crippen molar-refractivity contribution >= 4 is 5.95 Å². The Hall–Kier alpha value is -1.14. The van der Waals surface area contributed by atoms with Crippen molar-refractivity contribution in [1.82, 2.24) is 15.2 Å². The minimum Gasteiger partial charge on any atom is -0.395 e. The topological polar surface area (TPSA) is 91.1 Å². The van der Waals surface area contributed by atoms with Gasteiger partial charge in [-0.15, -0.1) is 5.10 Å². The maximum Gasteiger partial charge on any atom is 0.244 e. The summed E-state index contributed by atoms with van der Waals surface area (Å²) in [5.74, 6) is 1.47. The third kappa shape index (κ3) is 2.90. The highest BCUT2D eigenvalue weighted by molar-refractivity contribution is 5.31. The van der Waals surface area contributed by atoms with E-state index in [1.807, 2.05) is 13.8 Å². The molecule has 0 amide bonds. The molecule has 6 nitrogen and oxygen atoms in total. The van der Waals surface area contributed by atoms with Crippen LogP contribution in [0.4, 0.5) is 5.95 Å². The number of nitrogens with zero attached hydrogens (tertiary/aromatic N) is 3. The van der Waals surface area contributed by atoms with E-state index >= 15 is 0 Å². The number of nitrogens with one attached hydrogen (secondary N) is 1. The number of nitrogens with two attached hydrogens (primary N) is 1. The summed E-state index contributed by atoms with van der Waals surface area (Å²) < 4.78 is 0. The zero-order valence-electron chi connectivity index (χ0n) is 12.1. The number of rotatable bonds is 4. The monoisotopic (exact) mass is 267 g/mol. The molecule has 2 rings (SSSR count). The predicted octanol–water partition coefficient (Wildman–Crippen LogP) is 0.640. The minimum absolute atomic E-state index is 0.0485. The van der Waals surface area contributed by atoms with Crippen LogP contribution in [0.15, 0.2) is 0 Å².